The van der Waals surface area contributed by atoms with Gasteiger partial charge in [-0.2, -0.15) is 0 Å². The van der Waals surface area contributed by atoms with Crippen LogP contribution in [0.25, 0.3) is 0 Å². The summed E-state index contributed by atoms with van der Waals surface area (Å²) in [4.78, 5) is 15.6. The Labute approximate surface area is 103 Å². The lowest BCUT2D eigenvalue weighted by Crippen LogP contribution is -2.14. The fourth-order valence-electron chi connectivity index (χ4n) is 1.02. The monoisotopic (exact) mass is 299 g/mol. The second kappa shape index (κ2) is 4.54. The molecule has 16 heavy (non-hydrogen) atoms. The molecular weight excluding hydrogens is 294 g/mol. The summed E-state index contributed by atoms with van der Waals surface area (Å²) in [6.07, 6.45) is 1.52. The summed E-state index contributed by atoms with van der Waals surface area (Å²) in [5.41, 5.74) is 7.42. The zero-order valence-corrected chi connectivity index (χ0v) is 10.2. The Balaban J connectivity index is 2.24. The van der Waals surface area contributed by atoms with E-state index in [0.29, 0.717) is 15.2 Å². The molecule has 0 fully saturated rings. The lowest BCUT2D eigenvalue weighted by Gasteiger charge is -2.04. The minimum Gasteiger partial charge on any atom is -0.383 e. The van der Waals surface area contributed by atoms with E-state index in [0.717, 1.165) is 0 Å². The number of hydrogen-bond donors (Lipinski definition) is 2. The van der Waals surface area contributed by atoms with E-state index < -0.39 is 0 Å². The Hall–Kier alpha value is -1.54. The highest BCUT2D eigenvalue weighted by atomic mass is 79.9. The standard InChI is InChI=1S/C8H6BrN5OS/c9-4-1-5(6(10)11-2-4)7(15)13-8-14-12-3-16-8/h1-3H,(H2,10,11)(H,13,14,15). The third-order valence-corrected chi connectivity index (χ3v) is 2.75. The van der Waals surface area contributed by atoms with Crippen LogP contribution in [0.4, 0.5) is 10.9 Å². The van der Waals surface area contributed by atoms with Gasteiger partial charge in [0.15, 0.2) is 0 Å². The van der Waals surface area contributed by atoms with E-state index >= 15 is 0 Å². The Bertz CT molecular complexity index is 515. The normalized spacial score (nSPS) is 10.1. The van der Waals surface area contributed by atoms with E-state index in [1.54, 1.807) is 6.07 Å². The third kappa shape index (κ3) is 2.34. The molecule has 0 saturated carbocycles. The molecule has 2 aromatic heterocycles. The van der Waals surface area contributed by atoms with Gasteiger partial charge in [-0.3, -0.25) is 10.1 Å². The van der Waals surface area contributed by atoms with Gasteiger partial charge in [-0.05, 0) is 22.0 Å². The molecule has 0 aliphatic heterocycles. The van der Waals surface area contributed by atoms with E-state index in [-0.39, 0.29) is 11.7 Å². The first-order valence-corrected chi connectivity index (χ1v) is 5.82. The van der Waals surface area contributed by atoms with E-state index in [1.807, 2.05) is 0 Å². The van der Waals surface area contributed by atoms with Crippen LogP contribution in [0, 0.1) is 0 Å². The van der Waals surface area contributed by atoms with Gasteiger partial charge in [0.2, 0.25) is 5.13 Å². The van der Waals surface area contributed by atoms with E-state index in [9.17, 15) is 4.79 Å². The summed E-state index contributed by atoms with van der Waals surface area (Å²) in [7, 11) is 0. The Morgan fingerprint density at radius 1 is 1.56 bits per heavy atom. The second-order valence-corrected chi connectivity index (χ2v) is 4.53. The van der Waals surface area contributed by atoms with Crippen molar-refractivity contribution >= 4 is 44.1 Å². The minimum absolute atomic E-state index is 0.171. The maximum absolute atomic E-state index is 11.8. The molecule has 6 nitrogen and oxygen atoms in total. The smallest absolute Gasteiger partial charge is 0.261 e. The lowest BCUT2D eigenvalue weighted by atomic mass is 10.2. The van der Waals surface area contributed by atoms with Gasteiger partial charge in [-0.1, -0.05) is 11.3 Å². The number of anilines is 2. The largest absolute Gasteiger partial charge is 0.383 e. The van der Waals surface area contributed by atoms with Gasteiger partial charge in [-0.15, -0.1) is 10.2 Å². The molecule has 0 saturated heterocycles. The van der Waals surface area contributed by atoms with Gasteiger partial charge in [0.05, 0.1) is 5.56 Å². The molecule has 8 heteroatoms. The van der Waals surface area contributed by atoms with Crippen molar-refractivity contribution in [1.82, 2.24) is 15.2 Å². The number of nitrogens with one attached hydrogen (secondary N) is 1. The van der Waals surface area contributed by atoms with Crippen molar-refractivity contribution in [2.45, 2.75) is 0 Å². The van der Waals surface area contributed by atoms with Crippen molar-refractivity contribution in [1.29, 1.82) is 0 Å². The number of carbonyl (C=O) groups is 1. The maximum atomic E-state index is 11.8. The molecule has 0 aliphatic rings. The van der Waals surface area contributed by atoms with Gasteiger partial charge in [0.1, 0.15) is 11.3 Å². The molecule has 2 aromatic rings. The van der Waals surface area contributed by atoms with Crippen molar-refractivity contribution in [3.8, 4) is 0 Å². The summed E-state index contributed by atoms with van der Waals surface area (Å²) in [5.74, 6) is -0.187. The molecule has 3 N–H and O–H groups in total. The van der Waals surface area contributed by atoms with Gasteiger partial charge >= 0.3 is 0 Å². The molecule has 0 aromatic carbocycles. The number of carbonyl (C=O) groups excluding carboxylic acids is 1. The second-order valence-electron chi connectivity index (χ2n) is 2.78. The highest BCUT2D eigenvalue weighted by molar-refractivity contribution is 9.10. The number of pyridine rings is 1. The summed E-state index contributed by atoms with van der Waals surface area (Å²) in [6.45, 7) is 0. The summed E-state index contributed by atoms with van der Waals surface area (Å²) < 4.78 is 0.684. The predicted molar refractivity (Wildman–Crippen MR) is 64.2 cm³/mol. The average molecular weight is 300 g/mol. The van der Waals surface area contributed by atoms with Crippen LogP contribution in [-0.2, 0) is 0 Å². The molecule has 0 aliphatic carbocycles. The first-order valence-electron chi connectivity index (χ1n) is 4.15. The van der Waals surface area contributed by atoms with Crippen molar-refractivity contribution < 1.29 is 4.79 Å². The summed E-state index contributed by atoms with van der Waals surface area (Å²) in [6, 6.07) is 1.60. The van der Waals surface area contributed by atoms with Crippen LogP contribution >= 0.6 is 27.3 Å². The van der Waals surface area contributed by atoms with Crippen LogP contribution in [0.5, 0.6) is 0 Å². The fourth-order valence-corrected chi connectivity index (χ4v) is 1.80. The highest BCUT2D eigenvalue weighted by Crippen LogP contribution is 2.17. The lowest BCUT2D eigenvalue weighted by molar-refractivity contribution is 0.102. The molecule has 1 amide bonds. The molecule has 0 atom stereocenters. The number of rotatable bonds is 2. The number of nitrogens with two attached hydrogens (primary N) is 1. The van der Waals surface area contributed by atoms with Crippen molar-refractivity contribution in [2.24, 2.45) is 0 Å². The first kappa shape index (κ1) is 11.0. The van der Waals surface area contributed by atoms with Crippen LogP contribution in [0.1, 0.15) is 10.4 Å². The topological polar surface area (TPSA) is 93.8 Å². The maximum Gasteiger partial charge on any atom is 0.261 e. The summed E-state index contributed by atoms with van der Waals surface area (Å²) in [5, 5.41) is 10.3. The SMILES string of the molecule is Nc1ncc(Br)cc1C(=O)Nc1nncs1. The number of aromatic nitrogens is 3. The van der Waals surface area contributed by atoms with E-state index in [2.05, 4.69) is 36.4 Å². The molecule has 2 rings (SSSR count). The summed E-state index contributed by atoms with van der Waals surface area (Å²) >= 11 is 4.45. The molecule has 0 radical (unpaired) electrons. The Kier molecular flexibility index (Phi) is 3.11. The van der Waals surface area contributed by atoms with Crippen molar-refractivity contribution in [3.63, 3.8) is 0 Å². The number of halogens is 1. The van der Waals surface area contributed by atoms with Crippen LogP contribution in [-0.4, -0.2) is 21.1 Å². The van der Waals surface area contributed by atoms with Gasteiger partial charge in [-0.25, -0.2) is 4.98 Å². The number of nitrogens with zero attached hydrogens (tertiary/aromatic N) is 3. The van der Waals surface area contributed by atoms with E-state index in [1.165, 1.54) is 23.0 Å². The zero-order valence-electron chi connectivity index (χ0n) is 7.85. The molecule has 2 heterocycles. The Morgan fingerprint density at radius 3 is 3.06 bits per heavy atom. The zero-order chi connectivity index (χ0) is 11.5. The fraction of sp³-hybridized carbons (Fsp3) is 0. The molecular formula is C8H6BrN5OS. The van der Waals surface area contributed by atoms with Crippen LogP contribution in [0.2, 0.25) is 0 Å². The quantitative estimate of drug-likeness (QED) is 0.877. The highest BCUT2D eigenvalue weighted by Gasteiger charge is 2.12. The van der Waals surface area contributed by atoms with Crippen LogP contribution < -0.4 is 11.1 Å². The van der Waals surface area contributed by atoms with E-state index in [4.69, 9.17) is 5.73 Å². The number of nitrogen functional groups attached to an aromatic ring is 1. The van der Waals surface area contributed by atoms with Crippen LogP contribution in [0.15, 0.2) is 22.2 Å². The van der Waals surface area contributed by atoms with Crippen molar-refractivity contribution in [2.75, 3.05) is 11.1 Å². The molecule has 82 valence electrons. The third-order valence-electron chi connectivity index (χ3n) is 1.71. The number of hydrogen-bond acceptors (Lipinski definition) is 6. The van der Waals surface area contributed by atoms with Gasteiger partial charge < -0.3 is 5.73 Å². The predicted octanol–water partition coefficient (Wildman–Crippen LogP) is 1.53. The average Bonchev–Trinajstić information content (AvgIpc) is 2.74. The Morgan fingerprint density at radius 2 is 2.38 bits per heavy atom. The molecule has 0 bridgehead atoms. The molecule has 0 spiro atoms. The van der Waals surface area contributed by atoms with Gasteiger partial charge in [0, 0.05) is 10.7 Å². The van der Waals surface area contributed by atoms with Crippen LogP contribution in [0.3, 0.4) is 0 Å². The first-order chi connectivity index (χ1) is 7.66. The minimum atomic E-state index is -0.358. The number of amides is 1. The van der Waals surface area contributed by atoms with Crippen molar-refractivity contribution in [3.05, 3.63) is 27.8 Å². The van der Waals surface area contributed by atoms with Gasteiger partial charge in [0.25, 0.3) is 5.91 Å². The molecule has 0 unspecified atom stereocenters.